The van der Waals surface area contributed by atoms with Crippen LogP contribution >= 0.6 is 15.9 Å². The normalized spacial score (nSPS) is 10.6. The minimum absolute atomic E-state index is 0.441. The fraction of sp³-hybridized carbons (Fsp3) is 0.500. The molecule has 0 unspecified atom stereocenters. The van der Waals surface area contributed by atoms with E-state index in [0.29, 0.717) is 23.4 Å². The minimum Gasteiger partial charge on any atom is -0.493 e. The maximum absolute atomic E-state index is 12.1. The Balaban J connectivity index is 2.75. The maximum atomic E-state index is 12.1. The molecule has 1 rings (SSSR count). The monoisotopic (exact) mass is 308 g/mol. The van der Waals surface area contributed by atoms with Gasteiger partial charge in [-0.3, -0.25) is 0 Å². The smallest absolute Gasteiger partial charge is 0.272 e. The average molecular weight is 309 g/mol. The highest BCUT2D eigenvalue weighted by Crippen LogP contribution is 2.27. The summed E-state index contributed by atoms with van der Waals surface area (Å²) < 4.78 is 34.7. The summed E-state index contributed by atoms with van der Waals surface area (Å²) in [6.07, 6.45) is -1.58. The van der Waals surface area contributed by atoms with E-state index in [1.165, 1.54) is 0 Å². The van der Waals surface area contributed by atoms with Crippen LogP contribution in [0.5, 0.6) is 11.5 Å². The topological polar surface area (TPSA) is 18.5 Å². The third kappa shape index (κ3) is 4.89. The van der Waals surface area contributed by atoms with Crippen molar-refractivity contribution in [3.63, 3.8) is 0 Å². The average Bonchev–Trinajstić information content (AvgIpc) is 2.33. The van der Waals surface area contributed by atoms with E-state index in [1.807, 2.05) is 13.0 Å². The van der Waals surface area contributed by atoms with E-state index in [2.05, 4.69) is 15.9 Å². The second-order valence-electron chi connectivity index (χ2n) is 3.45. The lowest BCUT2D eigenvalue weighted by atomic mass is 10.2. The number of halogens is 3. The molecule has 96 valence electrons. The highest BCUT2D eigenvalue weighted by molar-refractivity contribution is 9.08. The van der Waals surface area contributed by atoms with Gasteiger partial charge in [0.25, 0.3) is 6.43 Å². The van der Waals surface area contributed by atoms with Crippen molar-refractivity contribution in [3.05, 3.63) is 23.8 Å². The zero-order valence-corrected chi connectivity index (χ0v) is 11.2. The zero-order chi connectivity index (χ0) is 12.7. The number of benzene rings is 1. The molecule has 0 aliphatic heterocycles. The quantitative estimate of drug-likeness (QED) is 0.708. The Hall–Kier alpha value is -0.840. The molecule has 1 aromatic carbocycles. The standard InChI is InChI=1S/C12H15BrF2O2/c1-2-5-16-10-4-3-9(7-13)11(6-10)17-8-12(14)15/h3-4,6,12H,2,5,7-8H2,1H3. The van der Waals surface area contributed by atoms with Gasteiger partial charge in [-0.05, 0) is 12.5 Å². The van der Waals surface area contributed by atoms with Crippen molar-refractivity contribution in [1.82, 2.24) is 0 Å². The van der Waals surface area contributed by atoms with Crippen LogP contribution in [0.15, 0.2) is 18.2 Å². The second-order valence-corrected chi connectivity index (χ2v) is 4.01. The molecule has 0 N–H and O–H groups in total. The predicted molar refractivity (Wildman–Crippen MR) is 66.4 cm³/mol. The molecule has 0 saturated heterocycles. The fourth-order valence-corrected chi connectivity index (χ4v) is 1.71. The van der Waals surface area contributed by atoms with Gasteiger partial charge in [0.1, 0.15) is 18.1 Å². The molecular weight excluding hydrogens is 294 g/mol. The Labute approximate surface area is 108 Å². The molecule has 0 radical (unpaired) electrons. The Morgan fingerprint density at radius 3 is 2.65 bits per heavy atom. The summed E-state index contributed by atoms with van der Waals surface area (Å²) in [6, 6.07) is 5.26. The third-order valence-electron chi connectivity index (χ3n) is 2.02. The summed E-state index contributed by atoms with van der Waals surface area (Å²) in [5, 5.41) is 0.555. The summed E-state index contributed by atoms with van der Waals surface area (Å²) in [5.41, 5.74) is 0.828. The lowest BCUT2D eigenvalue weighted by molar-refractivity contribution is 0.0814. The molecule has 0 saturated carbocycles. The summed E-state index contributed by atoms with van der Waals surface area (Å²) in [6.45, 7) is 2.00. The van der Waals surface area contributed by atoms with Crippen molar-refractivity contribution in [1.29, 1.82) is 0 Å². The van der Waals surface area contributed by atoms with Gasteiger partial charge in [-0.15, -0.1) is 0 Å². The molecule has 0 fully saturated rings. The summed E-state index contributed by atoms with van der Waals surface area (Å²) in [4.78, 5) is 0. The zero-order valence-electron chi connectivity index (χ0n) is 9.59. The van der Waals surface area contributed by atoms with Gasteiger partial charge in [-0.25, -0.2) is 8.78 Å². The van der Waals surface area contributed by atoms with E-state index >= 15 is 0 Å². The lowest BCUT2D eigenvalue weighted by Gasteiger charge is -2.12. The highest BCUT2D eigenvalue weighted by atomic mass is 79.9. The third-order valence-corrected chi connectivity index (χ3v) is 2.62. The largest absolute Gasteiger partial charge is 0.493 e. The number of ether oxygens (including phenoxy) is 2. The van der Waals surface area contributed by atoms with Crippen LogP contribution in [-0.4, -0.2) is 19.6 Å². The SMILES string of the molecule is CCCOc1ccc(CBr)c(OCC(F)F)c1. The Bertz CT molecular complexity index is 345. The van der Waals surface area contributed by atoms with E-state index in [1.54, 1.807) is 12.1 Å². The molecule has 5 heteroatoms. The lowest BCUT2D eigenvalue weighted by Crippen LogP contribution is -2.08. The van der Waals surface area contributed by atoms with Crippen LogP contribution < -0.4 is 9.47 Å². The molecule has 0 heterocycles. The van der Waals surface area contributed by atoms with Crippen molar-refractivity contribution < 1.29 is 18.3 Å². The molecule has 0 bridgehead atoms. The Morgan fingerprint density at radius 2 is 2.06 bits per heavy atom. The number of alkyl halides is 3. The molecule has 0 atom stereocenters. The van der Waals surface area contributed by atoms with Gasteiger partial charge in [0.15, 0.2) is 0 Å². The van der Waals surface area contributed by atoms with Crippen molar-refractivity contribution in [3.8, 4) is 11.5 Å². The van der Waals surface area contributed by atoms with E-state index in [-0.39, 0.29) is 0 Å². The van der Waals surface area contributed by atoms with Crippen LogP contribution in [-0.2, 0) is 5.33 Å². The van der Waals surface area contributed by atoms with Crippen LogP contribution in [0.25, 0.3) is 0 Å². The molecule has 1 aromatic rings. The summed E-state index contributed by atoms with van der Waals surface area (Å²) in [5.74, 6) is 1.08. The first-order valence-electron chi connectivity index (χ1n) is 5.40. The molecule has 2 nitrogen and oxygen atoms in total. The van der Waals surface area contributed by atoms with Crippen LogP contribution in [0.2, 0.25) is 0 Å². The van der Waals surface area contributed by atoms with E-state index < -0.39 is 13.0 Å². The van der Waals surface area contributed by atoms with Gasteiger partial charge >= 0.3 is 0 Å². The van der Waals surface area contributed by atoms with Gasteiger partial charge in [-0.2, -0.15) is 0 Å². The second kappa shape index (κ2) is 7.48. The van der Waals surface area contributed by atoms with Gasteiger partial charge in [0.05, 0.1) is 6.61 Å². The van der Waals surface area contributed by atoms with Crippen molar-refractivity contribution in [2.45, 2.75) is 25.1 Å². The van der Waals surface area contributed by atoms with Gasteiger partial charge in [0.2, 0.25) is 0 Å². The predicted octanol–water partition coefficient (Wildman–Crippen LogP) is 4.01. The molecule has 0 spiro atoms. The van der Waals surface area contributed by atoms with E-state index in [9.17, 15) is 8.78 Å². The van der Waals surface area contributed by atoms with Gasteiger partial charge in [-0.1, -0.05) is 28.9 Å². The van der Waals surface area contributed by atoms with Crippen LogP contribution in [0.1, 0.15) is 18.9 Å². The van der Waals surface area contributed by atoms with E-state index in [4.69, 9.17) is 9.47 Å². The Morgan fingerprint density at radius 1 is 1.29 bits per heavy atom. The van der Waals surface area contributed by atoms with E-state index in [0.717, 1.165) is 12.0 Å². The molecule has 0 aromatic heterocycles. The fourth-order valence-electron chi connectivity index (χ4n) is 1.24. The van der Waals surface area contributed by atoms with Gasteiger partial charge in [0, 0.05) is 17.0 Å². The van der Waals surface area contributed by atoms with Crippen LogP contribution in [0, 0.1) is 0 Å². The van der Waals surface area contributed by atoms with Crippen molar-refractivity contribution in [2.24, 2.45) is 0 Å². The first-order chi connectivity index (χ1) is 8.17. The van der Waals surface area contributed by atoms with Gasteiger partial charge < -0.3 is 9.47 Å². The molecular formula is C12H15BrF2O2. The minimum atomic E-state index is -2.47. The first-order valence-corrected chi connectivity index (χ1v) is 6.52. The highest BCUT2D eigenvalue weighted by Gasteiger charge is 2.08. The first kappa shape index (κ1) is 14.2. The van der Waals surface area contributed by atoms with Crippen molar-refractivity contribution >= 4 is 15.9 Å². The van der Waals surface area contributed by atoms with Crippen LogP contribution in [0.3, 0.4) is 0 Å². The number of hydrogen-bond donors (Lipinski definition) is 0. The number of hydrogen-bond acceptors (Lipinski definition) is 2. The summed E-state index contributed by atoms with van der Waals surface area (Å²) >= 11 is 3.28. The molecule has 0 aliphatic rings. The molecule has 0 amide bonds. The molecule has 0 aliphatic carbocycles. The van der Waals surface area contributed by atoms with Crippen molar-refractivity contribution in [2.75, 3.05) is 13.2 Å². The summed E-state index contributed by atoms with van der Waals surface area (Å²) in [7, 11) is 0. The number of rotatable bonds is 7. The van der Waals surface area contributed by atoms with Crippen LogP contribution in [0.4, 0.5) is 8.78 Å². The molecule has 17 heavy (non-hydrogen) atoms. The Kier molecular flexibility index (Phi) is 6.26. The maximum Gasteiger partial charge on any atom is 0.272 e.